The number of rotatable bonds is 2. The highest BCUT2D eigenvalue weighted by molar-refractivity contribution is 6.04. The van der Waals surface area contributed by atoms with E-state index in [9.17, 15) is 9.59 Å². The normalized spacial score (nSPS) is 15.6. The van der Waals surface area contributed by atoms with E-state index in [1.807, 2.05) is 43.0 Å². The van der Waals surface area contributed by atoms with E-state index < -0.39 is 0 Å². The van der Waals surface area contributed by atoms with Gasteiger partial charge >= 0.3 is 0 Å². The number of hydrogen-bond donors (Lipinski definition) is 1. The number of nitrogens with zero attached hydrogens (tertiary/aromatic N) is 3. The molecule has 6 heteroatoms. The predicted molar refractivity (Wildman–Crippen MR) is 83.4 cm³/mol. The van der Waals surface area contributed by atoms with Crippen molar-refractivity contribution in [2.75, 3.05) is 26.2 Å². The van der Waals surface area contributed by atoms with Gasteiger partial charge < -0.3 is 9.80 Å². The van der Waals surface area contributed by atoms with E-state index in [0.29, 0.717) is 31.9 Å². The van der Waals surface area contributed by atoms with Crippen molar-refractivity contribution >= 4 is 22.7 Å². The molecule has 1 N–H and O–H groups in total. The second-order valence-corrected chi connectivity index (χ2v) is 5.89. The molecule has 22 heavy (non-hydrogen) atoms. The summed E-state index contributed by atoms with van der Waals surface area (Å²) >= 11 is 0. The molecule has 1 aromatic carbocycles. The molecule has 116 valence electrons. The maximum Gasteiger partial charge on any atom is 0.275 e. The van der Waals surface area contributed by atoms with Gasteiger partial charge in [0, 0.05) is 37.5 Å². The number of hydrogen-bond acceptors (Lipinski definition) is 3. The minimum absolute atomic E-state index is 0.00228. The standard InChI is InChI=1S/C16H20N4O2/c1-11(2)15(21)19-7-9-20(10-8-19)16(22)14-12-5-3-4-6-13(12)17-18-14/h3-6,11H,7-10H2,1-2H3,(H,17,18). The fourth-order valence-corrected chi connectivity index (χ4v) is 2.77. The highest BCUT2D eigenvalue weighted by atomic mass is 16.2. The molecular formula is C16H20N4O2. The second kappa shape index (κ2) is 5.79. The summed E-state index contributed by atoms with van der Waals surface area (Å²) in [6.45, 7) is 6.08. The quantitative estimate of drug-likeness (QED) is 0.914. The van der Waals surface area contributed by atoms with Crippen molar-refractivity contribution in [2.24, 2.45) is 5.92 Å². The van der Waals surface area contributed by atoms with E-state index in [0.717, 1.165) is 10.9 Å². The van der Waals surface area contributed by atoms with Gasteiger partial charge in [-0.15, -0.1) is 0 Å². The lowest BCUT2D eigenvalue weighted by atomic mass is 10.1. The molecule has 0 aliphatic carbocycles. The number of carbonyl (C=O) groups excluding carboxylic acids is 2. The monoisotopic (exact) mass is 300 g/mol. The lowest BCUT2D eigenvalue weighted by Crippen LogP contribution is -2.51. The third kappa shape index (κ3) is 2.56. The largest absolute Gasteiger partial charge is 0.339 e. The molecule has 0 saturated carbocycles. The van der Waals surface area contributed by atoms with Crippen LogP contribution in [0.2, 0.25) is 0 Å². The van der Waals surface area contributed by atoms with Gasteiger partial charge in [0.15, 0.2) is 5.69 Å². The van der Waals surface area contributed by atoms with Gasteiger partial charge in [-0.3, -0.25) is 14.7 Å². The van der Waals surface area contributed by atoms with Gasteiger partial charge in [0.2, 0.25) is 5.91 Å². The van der Waals surface area contributed by atoms with Crippen molar-refractivity contribution < 1.29 is 9.59 Å². The summed E-state index contributed by atoms with van der Waals surface area (Å²) < 4.78 is 0. The van der Waals surface area contributed by atoms with Crippen LogP contribution in [0, 0.1) is 5.92 Å². The number of benzene rings is 1. The lowest BCUT2D eigenvalue weighted by molar-refractivity contribution is -0.135. The highest BCUT2D eigenvalue weighted by Gasteiger charge is 2.27. The number of carbonyl (C=O) groups is 2. The Balaban J connectivity index is 1.71. The van der Waals surface area contributed by atoms with E-state index in [1.54, 1.807) is 4.90 Å². The number of H-pyrrole nitrogens is 1. The first-order valence-electron chi connectivity index (χ1n) is 7.59. The zero-order valence-electron chi connectivity index (χ0n) is 12.9. The molecule has 1 saturated heterocycles. The van der Waals surface area contributed by atoms with Crippen LogP contribution < -0.4 is 0 Å². The number of nitrogens with one attached hydrogen (secondary N) is 1. The van der Waals surface area contributed by atoms with Crippen molar-refractivity contribution in [3.63, 3.8) is 0 Å². The summed E-state index contributed by atoms with van der Waals surface area (Å²) in [6, 6.07) is 7.60. The lowest BCUT2D eigenvalue weighted by Gasteiger charge is -2.35. The first-order chi connectivity index (χ1) is 10.6. The van der Waals surface area contributed by atoms with Crippen LogP contribution in [0.15, 0.2) is 24.3 Å². The van der Waals surface area contributed by atoms with Crippen molar-refractivity contribution in [3.8, 4) is 0 Å². The fraction of sp³-hybridized carbons (Fsp3) is 0.438. The zero-order chi connectivity index (χ0) is 15.7. The number of aromatic nitrogens is 2. The van der Waals surface area contributed by atoms with Gasteiger partial charge in [-0.25, -0.2) is 0 Å². The van der Waals surface area contributed by atoms with Crippen molar-refractivity contribution in [1.29, 1.82) is 0 Å². The van der Waals surface area contributed by atoms with Crippen LogP contribution in [0.4, 0.5) is 0 Å². The van der Waals surface area contributed by atoms with Gasteiger partial charge in [-0.1, -0.05) is 32.0 Å². The Morgan fingerprint density at radius 2 is 1.73 bits per heavy atom. The van der Waals surface area contributed by atoms with Gasteiger partial charge in [0.1, 0.15) is 0 Å². The van der Waals surface area contributed by atoms with Crippen LogP contribution >= 0.6 is 0 Å². The summed E-state index contributed by atoms with van der Waals surface area (Å²) in [4.78, 5) is 28.2. The molecule has 1 aromatic heterocycles. The maximum atomic E-state index is 12.6. The minimum atomic E-state index is -0.0749. The molecule has 2 amide bonds. The van der Waals surface area contributed by atoms with Crippen LogP contribution in [0.5, 0.6) is 0 Å². The average Bonchev–Trinajstić information content (AvgIpc) is 2.97. The Bertz CT molecular complexity index is 699. The Hall–Kier alpha value is -2.37. The molecule has 1 aliphatic heterocycles. The molecule has 1 fully saturated rings. The summed E-state index contributed by atoms with van der Waals surface area (Å²) in [5.74, 6) is 0.0731. The third-order valence-corrected chi connectivity index (χ3v) is 4.05. The number of aromatic amines is 1. The van der Waals surface area contributed by atoms with Crippen molar-refractivity contribution in [2.45, 2.75) is 13.8 Å². The molecule has 2 aromatic rings. The number of piperazine rings is 1. The van der Waals surface area contributed by atoms with Crippen LogP contribution in [-0.4, -0.2) is 58.0 Å². The number of para-hydroxylation sites is 1. The van der Waals surface area contributed by atoms with Crippen LogP contribution in [-0.2, 0) is 4.79 Å². The third-order valence-electron chi connectivity index (χ3n) is 4.05. The zero-order valence-corrected chi connectivity index (χ0v) is 12.9. The molecule has 2 heterocycles. The van der Waals surface area contributed by atoms with E-state index in [4.69, 9.17) is 0 Å². The molecule has 0 unspecified atom stereocenters. The van der Waals surface area contributed by atoms with E-state index in [-0.39, 0.29) is 17.7 Å². The van der Waals surface area contributed by atoms with Gasteiger partial charge in [-0.05, 0) is 6.07 Å². The Morgan fingerprint density at radius 1 is 1.09 bits per heavy atom. The Labute approximate surface area is 129 Å². The van der Waals surface area contributed by atoms with Crippen molar-refractivity contribution in [1.82, 2.24) is 20.0 Å². The van der Waals surface area contributed by atoms with Gasteiger partial charge in [0.05, 0.1) is 5.52 Å². The molecule has 0 atom stereocenters. The molecule has 0 radical (unpaired) electrons. The van der Waals surface area contributed by atoms with E-state index >= 15 is 0 Å². The van der Waals surface area contributed by atoms with Crippen LogP contribution in [0.3, 0.4) is 0 Å². The van der Waals surface area contributed by atoms with Crippen LogP contribution in [0.25, 0.3) is 10.9 Å². The highest BCUT2D eigenvalue weighted by Crippen LogP contribution is 2.18. The van der Waals surface area contributed by atoms with E-state index in [2.05, 4.69) is 10.2 Å². The summed E-state index contributed by atoms with van der Waals surface area (Å²) in [6.07, 6.45) is 0. The molecule has 3 rings (SSSR count). The minimum Gasteiger partial charge on any atom is -0.339 e. The smallest absolute Gasteiger partial charge is 0.275 e. The average molecular weight is 300 g/mol. The molecule has 0 bridgehead atoms. The molecular weight excluding hydrogens is 280 g/mol. The SMILES string of the molecule is CC(C)C(=O)N1CCN(C(=O)c2n[nH]c3ccccc23)CC1. The summed E-state index contributed by atoms with van der Waals surface area (Å²) in [5.41, 5.74) is 1.32. The van der Waals surface area contributed by atoms with Crippen molar-refractivity contribution in [3.05, 3.63) is 30.0 Å². The maximum absolute atomic E-state index is 12.6. The van der Waals surface area contributed by atoms with E-state index in [1.165, 1.54) is 0 Å². The molecule has 0 spiro atoms. The van der Waals surface area contributed by atoms with Gasteiger partial charge in [0.25, 0.3) is 5.91 Å². The Kier molecular flexibility index (Phi) is 3.83. The summed E-state index contributed by atoms with van der Waals surface area (Å²) in [5, 5.41) is 7.89. The first kappa shape index (κ1) is 14.6. The number of fused-ring (bicyclic) bond motifs is 1. The second-order valence-electron chi connectivity index (χ2n) is 5.89. The fourth-order valence-electron chi connectivity index (χ4n) is 2.77. The summed E-state index contributed by atoms with van der Waals surface area (Å²) in [7, 11) is 0. The molecule has 1 aliphatic rings. The topological polar surface area (TPSA) is 69.3 Å². The van der Waals surface area contributed by atoms with Gasteiger partial charge in [-0.2, -0.15) is 5.10 Å². The Morgan fingerprint density at radius 3 is 2.41 bits per heavy atom. The van der Waals surface area contributed by atoms with Crippen LogP contribution in [0.1, 0.15) is 24.3 Å². The molecule has 6 nitrogen and oxygen atoms in total. The predicted octanol–water partition coefficient (Wildman–Crippen LogP) is 1.50. The first-order valence-corrected chi connectivity index (χ1v) is 7.59. The number of amides is 2.